The second-order valence-electron chi connectivity index (χ2n) is 8.45. The third kappa shape index (κ3) is 7.21. The molecule has 0 aromatic heterocycles. The van der Waals surface area contributed by atoms with Crippen molar-refractivity contribution in [3.8, 4) is 5.75 Å². The number of nitrogens with one attached hydrogen (secondary N) is 1. The summed E-state index contributed by atoms with van der Waals surface area (Å²) < 4.78 is 31.3. The molecule has 0 radical (unpaired) electrons. The number of nitrogens with zero attached hydrogens (tertiary/aromatic N) is 2. The van der Waals surface area contributed by atoms with Crippen LogP contribution in [0.3, 0.4) is 0 Å². The first-order chi connectivity index (χ1) is 15.6. The van der Waals surface area contributed by atoms with Gasteiger partial charge in [-0.25, -0.2) is 8.42 Å². The van der Waals surface area contributed by atoms with Crippen LogP contribution in [0.25, 0.3) is 0 Å². The molecule has 2 aromatic rings. The number of ether oxygens (including phenoxy) is 1. The highest BCUT2D eigenvalue weighted by Crippen LogP contribution is 2.22. The maximum Gasteiger partial charge on any atom is 0.241 e. The Hall–Kier alpha value is -3.07. The molecule has 9 heteroatoms. The van der Waals surface area contributed by atoms with E-state index in [-0.39, 0.29) is 25.1 Å². The van der Waals surface area contributed by atoms with Gasteiger partial charge in [0.2, 0.25) is 21.8 Å². The number of amides is 2. The van der Waals surface area contributed by atoms with Gasteiger partial charge in [-0.05, 0) is 55.7 Å². The fourth-order valence-corrected chi connectivity index (χ4v) is 4.54. The number of carbonyl (C=O) groups is 2. The van der Waals surface area contributed by atoms with Crippen molar-refractivity contribution in [2.45, 2.75) is 45.9 Å². The van der Waals surface area contributed by atoms with Crippen LogP contribution in [0.2, 0.25) is 0 Å². The first-order valence-electron chi connectivity index (χ1n) is 11.0. The van der Waals surface area contributed by atoms with E-state index in [9.17, 15) is 18.0 Å². The van der Waals surface area contributed by atoms with Crippen LogP contribution in [0.1, 0.15) is 37.8 Å². The summed E-state index contributed by atoms with van der Waals surface area (Å²) in [7, 11) is -3.66. The molecule has 1 N–H and O–H groups in total. The van der Waals surface area contributed by atoms with E-state index < -0.39 is 15.9 Å². The van der Waals surface area contributed by atoms with Crippen molar-refractivity contribution >= 4 is 27.5 Å². The third-order valence-electron chi connectivity index (χ3n) is 5.21. The largest absolute Gasteiger partial charge is 0.491 e. The van der Waals surface area contributed by atoms with Crippen molar-refractivity contribution in [2.75, 3.05) is 23.7 Å². The number of hydrogen-bond donors (Lipinski definition) is 1. The van der Waals surface area contributed by atoms with Crippen LogP contribution in [0, 0.1) is 0 Å². The van der Waals surface area contributed by atoms with Gasteiger partial charge in [-0.1, -0.05) is 24.3 Å². The topological polar surface area (TPSA) is 96.0 Å². The summed E-state index contributed by atoms with van der Waals surface area (Å²) in [6.45, 7) is 5.07. The fourth-order valence-electron chi connectivity index (χ4n) is 3.68. The van der Waals surface area contributed by atoms with E-state index in [4.69, 9.17) is 4.74 Å². The van der Waals surface area contributed by atoms with Gasteiger partial charge in [0.1, 0.15) is 12.3 Å². The van der Waals surface area contributed by atoms with Crippen LogP contribution >= 0.6 is 0 Å². The highest BCUT2D eigenvalue weighted by Gasteiger charge is 2.22. The molecule has 1 heterocycles. The second-order valence-corrected chi connectivity index (χ2v) is 10.4. The summed E-state index contributed by atoms with van der Waals surface area (Å²) in [5.41, 5.74) is 2.27. The van der Waals surface area contributed by atoms with Gasteiger partial charge in [-0.15, -0.1) is 0 Å². The van der Waals surface area contributed by atoms with Crippen LogP contribution in [0.5, 0.6) is 5.75 Å². The summed E-state index contributed by atoms with van der Waals surface area (Å²) in [5, 5.41) is 2.79. The summed E-state index contributed by atoms with van der Waals surface area (Å²) in [6, 6.07) is 14.3. The summed E-state index contributed by atoms with van der Waals surface area (Å²) >= 11 is 0. The Morgan fingerprint density at radius 3 is 2.45 bits per heavy atom. The first-order valence-corrected chi connectivity index (χ1v) is 12.8. The maximum absolute atomic E-state index is 12.6. The molecule has 178 valence electrons. The highest BCUT2D eigenvalue weighted by atomic mass is 32.2. The molecule has 33 heavy (non-hydrogen) atoms. The van der Waals surface area contributed by atoms with E-state index in [1.165, 1.54) is 0 Å². The van der Waals surface area contributed by atoms with Crippen molar-refractivity contribution in [1.82, 2.24) is 10.2 Å². The van der Waals surface area contributed by atoms with Gasteiger partial charge in [0.15, 0.2) is 0 Å². The Labute approximate surface area is 195 Å². The zero-order chi connectivity index (χ0) is 24.0. The van der Waals surface area contributed by atoms with Crippen molar-refractivity contribution in [1.29, 1.82) is 0 Å². The summed E-state index contributed by atoms with van der Waals surface area (Å²) in [6.07, 6.45) is 2.56. The number of rotatable bonds is 10. The molecule has 2 aromatic carbocycles. The Morgan fingerprint density at radius 2 is 1.85 bits per heavy atom. The molecule has 1 saturated heterocycles. The van der Waals surface area contributed by atoms with Crippen LogP contribution in [-0.2, 0) is 32.7 Å². The molecule has 2 amide bonds. The molecule has 0 unspecified atom stereocenters. The van der Waals surface area contributed by atoms with Gasteiger partial charge in [0.25, 0.3) is 0 Å². The van der Waals surface area contributed by atoms with Crippen LogP contribution in [0.4, 0.5) is 5.69 Å². The zero-order valence-corrected chi connectivity index (χ0v) is 20.1. The van der Waals surface area contributed by atoms with E-state index in [2.05, 4.69) is 5.32 Å². The van der Waals surface area contributed by atoms with E-state index in [1.807, 2.05) is 43.0 Å². The Kier molecular flexibility index (Phi) is 7.97. The minimum absolute atomic E-state index is 0.00183. The zero-order valence-electron chi connectivity index (χ0n) is 19.3. The van der Waals surface area contributed by atoms with Crippen LogP contribution < -0.4 is 14.4 Å². The van der Waals surface area contributed by atoms with E-state index in [0.717, 1.165) is 34.7 Å². The first kappa shape index (κ1) is 24.6. The Bertz CT molecular complexity index is 1080. The fraction of sp³-hybridized carbons (Fsp3) is 0.417. The normalized spacial score (nSPS) is 13.9. The van der Waals surface area contributed by atoms with Gasteiger partial charge < -0.3 is 15.0 Å². The molecule has 8 nitrogen and oxygen atoms in total. The summed E-state index contributed by atoms with van der Waals surface area (Å²) in [4.78, 5) is 26.3. The van der Waals surface area contributed by atoms with Crippen molar-refractivity contribution in [3.05, 3.63) is 59.7 Å². The van der Waals surface area contributed by atoms with Gasteiger partial charge >= 0.3 is 0 Å². The smallest absolute Gasteiger partial charge is 0.241 e. The second kappa shape index (κ2) is 10.7. The molecule has 0 bridgehead atoms. The quantitative estimate of drug-likeness (QED) is 0.572. The lowest BCUT2D eigenvalue weighted by Gasteiger charge is -2.22. The predicted octanol–water partition coefficient (Wildman–Crippen LogP) is 2.68. The molecule has 0 saturated carbocycles. The Morgan fingerprint density at radius 1 is 1.15 bits per heavy atom. The van der Waals surface area contributed by atoms with Crippen LogP contribution in [-0.4, -0.2) is 50.6 Å². The molecular formula is C24H31N3O5S. The number of hydrogen-bond acceptors (Lipinski definition) is 5. The minimum atomic E-state index is -3.66. The molecule has 0 atom stereocenters. The number of anilines is 1. The molecule has 3 rings (SSSR count). The monoisotopic (exact) mass is 473 g/mol. The number of likely N-dealkylation sites (tertiary alicyclic amines) is 1. The SMILES string of the molecule is CC(C)Oc1ccc(N(CC(=O)NCc2cccc(CN3CCCC3=O)c2)S(C)(=O)=O)cc1. The number of sulfonamides is 1. The van der Waals surface area contributed by atoms with Crippen LogP contribution in [0.15, 0.2) is 48.5 Å². The van der Waals surface area contributed by atoms with E-state index >= 15 is 0 Å². The summed E-state index contributed by atoms with van der Waals surface area (Å²) in [5.74, 6) is 0.378. The van der Waals surface area contributed by atoms with E-state index in [0.29, 0.717) is 24.4 Å². The van der Waals surface area contributed by atoms with Crippen molar-refractivity contribution < 1.29 is 22.7 Å². The third-order valence-corrected chi connectivity index (χ3v) is 6.35. The van der Waals surface area contributed by atoms with Gasteiger partial charge in [0, 0.05) is 26.1 Å². The molecule has 1 fully saturated rings. The molecule has 1 aliphatic heterocycles. The van der Waals surface area contributed by atoms with Gasteiger partial charge in [-0.2, -0.15) is 0 Å². The lowest BCUT2D eigenvalue weighted by molar-refractivity contribution is -0.128. The Balaban J connectivity index is 1.61. The number of benzene rings is 2. The van der Waals surface area contributed by atoms with E-state index in [1.54, 1.807) is 24.3 Å². The predicted molar refractivity (Wildman–Crippen MR) is 127 cm³/mol. The lowest BCUT2D eigenvalue weighted by atomic mass is 10.1. The molecule has 0 aliphatic carbocycles. The van der Waals surface area contributed by atoms with Crippen molar-refractivity contribution in [3.63, 3.8) is 0 Å². The average molecular weight is 474 g/mol. The highest BCUT2D eigenvalue weighted by molar-refractivity contribution is 7.92. The van der Waals surface area contributed by atoms with Gasteiger partial charge in [0.05, 0.1) is 18.0 Å². The lowest BCUT2D eigenvalue weighted by Crippen LogP contribution is -2.40. The standard InChI is InChI=1S/C24H31N3O5S/c1-18(2)32-22-11-9-21(10-12-22)27(33(3,30)31)17-23(28)25-15-19-6-4-7-20(14-19)16-26-13-5-8-24(26)29/h4,6-7,9-12,14,18H,5,8,13,15-17H2,1-3H3,(H,25,28). The molecular weight excluding hydrogens is 442 g/mol. The molecule has 1 aliphatic rings. The van der Waals surface area contributed by atoms with Gasteiger partial charge in [-0.3, -0.25) is 13.9 Å². The molecule has 0 spiro atoms. The van der Waals surface area contributed by atoms with Crippen molar-refractivity contribution in [2.24, 2.45) is 0 Å². The average Bonchev–Trinajstić information content (AvgIpc) is 3.15. The number of carbonyl (C=O) groups excluding carboxylic acids is 2. The minimum Gasteiger partial charge on any atom is -0.491 e. The maximum atomic E-state index is 12.6.